The smallest absolute Gasteiger partial charge is 0.138 e. The first-order valence-electron chi connectivity index (χ1n) is 6.28. The van der Waals surface area contributed by atoms with Crippen molar-refractivity contribution in [3.8, 4) is 0 Å². The quantitative estimate of drug-likeness (QED) is 0.803. The van der Waals surface area contributed by atoms with E-state index in [2.05, 4.69) is 31.2 Å². The van der Waals surface area contributed by atoms with Gasteiger partial charge in [-0.25, -0.2) is 0 Å². The van der Waals surface area contributed by atoms with Crippen LogP contribution in [0.5, 0.6) is 0 Å². The highest BCUT2D eigenvalue weighted by atomic mass is 16.5. The second-order valence-electron chi connectivity index (χ2n) is 4.52. The van der Waals surface area contributed by atoms with Crippen LogP contribution in [0.4, 0.5) is 0 Å². The van der Waals surface area contributed by atoms with Gasteiger partial charge in [-0.3, -0.25) is 0 Å². The summed E-state index contributed by atoms with van der Waals surface area (Å²) >= 11 is 0. The molecule has 0 amide bonds. The molecule has 16 heavy (non-hydrogen) atoms. The molecule has 1 heterocycles. The maximum absolute atomic E-state index is 5.20. The zero-order valence-corrected chi connectivity index (χ0v) is 11.1. The fourth-order valence-corrected chi connectivity index (χ4v) is 2.30. The molecule has 0 saturated heterocycles. The van der Waals surface area contributed by atoms with Gasteiger partial charge in [-0.15, -0.1) is 0 Å². The molecule has 0 aliphatic heterocycles. The van der Waals surface area contributed by atoms with E-state index in [1.54, 1.807) is 0 Å². The molecule has 0 aromatic carbocycles. The van der Waals surface area contributed by atoms with Gasteiger partial charge in [0.2, 0.25) is 0 Å². The summed E-state index contributed by atoms with van der Waals surface area (Å²) in [7, 11) is 0. The monoisotopic (exact) mass is 224 g/mol. The Hall–Kier alpha value is -0.830. The zero-order valence-electron chi connectivity index (χ0n) is 11.1. The van der Waals surface area contributed by atoms with Crippen LogP contribution in [0.25, 0.3) is 0 Å². The van der Waals surface area contributed by atoms with Crippen LogP contribution in [-0.2, 0) is 0 Å². The minimum atomic E-state index is 0.322. The minimum Gasteiger partial charge on any atom is -0.361 e. The molecule has 0 spiro atoms. The van der Waals surface area contributed by atoms with E-state index >= 15 is 0 Å². The van der Waals surface area contributed by atoms with E-state index in [0.717, 1.165) is 11.5 Å². The fourth-order valence-electron chi connectivity index (χ4n) is 2.30. The second kappa shape index (κ2) is 6.04. The van der Waals surface area contributed by atoms with Gasteiger partial charge >= 0.3 is 0 Å². The van der Waals surface area contributed by atoms with Crippen LogP contribution in [0.2, 0.25) is 0 Å². The highest BCUT2D eigenvalue weighted by molar-refractivity contribution is 5.24. The van der Waals surface area contributed by atoms with Crippen molar-refractivity contribution in [2.75, 3.05) is 0 Å². The summed E-state index contributed by atoms with van der Waals surface area (Å²) in [6.07, 6.45) is 3.62. The predicted octanol–water partition coefficient (Wildman–Crippen LogP) is 3.52. The molecule has 0 saturated carbocycles. The molecular formula is C13H24N2O. The summed E-state index contributed by atoms with van der Waals surface area (Å²) in [5.74, 6) is 0.934. The molecule has 2 unspecified atom stereocenters. The molecule has 2 atom stereocenters. The number of hydrogen-bond acceptors (Lipinski definition) is 3. The Kier molecular flexibility index (Phi) is 5.00. The average Bonchev–Trinajstić information content (AvgIpc) is 2.57. The number of nitrogens with one attached hydrogen (secondary N) is 1. The van der Waals surface area contributed by atoms with Crippen molar-refractivity contribution in [3.05, 3.63) is 17.0 Å². The molecule has 1 N–H and O–H groups in total. The fraction of sp³-hybridized carbons (Fsp3) is 0.769. The SMILES string of the molecule is CCCC(CC)NC(C)c1c(C)noc1C. The van der Waals surface area contributed by atoms with Gasteiger partial charge in [-0.05, 0) is 33.6 Å². The molecule has 1 rings (SSSR count). The number of hydrogen-bond donors (Lipinski definition) is 1. The lowest BCUT2D eigenvalue weighted by Crippen LogP contribution is -2.31. The Morgan fingerprint density at radius 3 is 2.44 bits per heavy atom. The Labute approximate surface area is 98.6 Å². The predicted molar refractivity (Wildman–Crippen MR) is 66.5 cm³/mol. The molecule has 0 aliphatic rings. The average molecular weight is 224 g/mol. The summed E-state index contributed by atoms with van der Waals surface area (Å²) in [5, 5.41) is 7.65. The van der Waals surface area contributed by atoms with Crippen LogP contribution in [0.1, 0.15) is 63.1 Å². The number of nitrogens with zero attached hydrogens (tertiary/aromatic N) is 1. The van der Waals surface area contributed by atoms with Gasteiger partial charge in [-0.2, -0.15) is 0 Å². The lowest BCUT2D eigenvalue weighted by atomic mass is 10.0. The van der Waals surface area contributed by atoms with Crippen molar-refractivity contribution in [2.45, 2.75) is 66.0 Å². The Bertz CT molecular complexity index is 300. The van der Waals surface area contributed by atoms with Crippen molar-refractivity contribution in [3.63, 3.8) is 0 Å². The van der Waals surface area contributed by atoms with Crippen molar-refractivity contribution in [2.24, 2.45) is 0 Å². The molecule has 0 radical (unpaired) electrons. The number of rotatable bonds is 6. The van der Waals surface area contributed by atoms with Gasteiger partial charge in [0, 0.05) is 17.6 Å². The van der Waals surface area contributed by atoms with E-state index in [1.807, 2.05) is 13.8 Å². The first-order valence-corrected chi connectivity index (χ1v) is 6.28. The molecule has 1 aromatic heterocycles. The molecule has 0 fully saturated rings. The maximum atomic E-state index is 5.20. The van der Waals surface area contributed by atoms with Gasteiger partial charge in [0.15, 0.2) is 0 Å². The van der Waals surface area contributed by atoms with E-state index in [1.165, 1.54) is 24.8 Å². The topological polar surface area (TPSA) is 38.1 Å². The summed E-state index contributed by atoms with van der Waals surface area (Å²) in [6, 6.07) is 0.913. The van der Waals surface area contributed by atoms with Crippen molar-refractivity contribution in [1.82, 2.24) is 10.5 Å². The Morgan fingerprint density at radius 1 is 1.31 bits per heavy atom. The van der Waals surface area contributed by atoms with E-state index in [-0.39, 0.29) is 0 Å². The number of aryl methyl sites for hydroxylation is 2. The van der Waals surface area contributed by atoms with Crippen LogP contribution >= 0.6 is 0 Å². The van der Waals surface area contributed by atoms with Crippen molar-refractivity contribution < 1.29 is 4.52 Å². The Morgan fingerprint density at radius 2 is 2.00 bits per heavy atom. The summed E-state index contributed by atoms with van der Waals surface area (Å²) in [6.45, 7) is 10.6. The van der Waals surface area contributed by atoms with Crippen LogP contribution in [-0.4, -0.2) is 11.2 Å². The molecule has 3 nitrogen and oxygen atoms in total. The summed E-state index contributed by atoms with van der Waals surface area (Å²) < 4.78 is 5.20. The molecule has 0 aliphatic carbocycles. The summed E-state index contributed by atoms with van der Waals surface area (Å²) in [5.41, 5.74) is 2.22. The molecule has 92 valence electrons. The molecule has 0 bridgehead atoms. The van der Waals surface area contributed by atoms with Gasteiger partial charge in [-0.1, -0.05) is 25.4 Å². The lowest BCUT2D eigenvalue weighted by Gasteiger charge is -2.21. The highest BCUT2D eigenvalue weighted by Gasteiger charge is 2.18. The largest absolute Gasteiger partial charge is 0.361 e. The van der Waals surface area contributed by atoms with Gasteiger partial charge < -0.3 is 9.84 Å². The van der Waals surface area contributed by atoms with Crippen LogP contribution in [0.3, 0.4) is 0 Å². The van der Waals surface area contributed by atoms with Crippen LogP contribution in [0.15, 0.2) is 4.52 Å². The van der Waals surface area contributed by atoms with Gasteiger partial charge in [0.25, 0.3) is 0 Å². The third-order valence-electron chi connectivity index (χ3n) is 3.14. The molecule has 1 aromatic rings. The standard InChI is InChI=1S/C13H24N2O/c1-6-8-12(7-2)14-9(3)13-10(4)15-16-11(13)5/h9,12,14H,6-8H2,1-5H3. The van der Waals surface area contributed by atoms with Crippen LogP contribution < -0.4 is 5.32 Å². The highest BCUT2D eigenvalue weighted by Crippen LogP contribution is 2.22. The molecule has 3 heteroatoms. The van der Waals surface area contributed by atoms with E-state index < -0.39 is 0 Å². The first-order chi connectivity index (χ1) is 7.60. The van der Waals surface area contributed by atoms with Gasteiger partial charge in [0.05, 0.1) is 5.69 Å². The Balaban J connectivity index is 2.67. The molecular weight excluding hydrogens is 200 g/mol. The second-order valence-corrected chi connectivity index (χ2v) is 4.52. The maximum Gasteiger partial charge on any atom is 0.138 e. The number of aromatic nitrogens is 1. The third-order valence-corrected chi connectivity index (χ3v) is 3.14. The van der Waals surface area contributed by atoms with Crippen molar-refractivity contribution >= 4 is 0 Å². The van der Waals surface area contributed by atoms with E-state index in [0.29, 0.717) is 12.1 Å². The third kappa shape index (κ3) is 3.08. The van der Waals surface area contributed by atoms with Crippen LogP contribution in [0, 0.1) is 13.8 Å². The van der Waals surface area contributed by atoms with Gasteiger partial charge in [0.1, 0.15) is 5.76 Å². The zero-order chi connectivity index (χ0) is 12.1. The van der Waals surface area contributed by atoms with E-state index in [9.17, 15) is 0 Å². The lowest BCUT2D eigenvalue weighted by molar-refractivity contribution is 0.385. The van der Waals surface area contributed by atoms with Crippen molar-refractivity contribution in [1.29, 1.82) is 0 Å². The summed E-state index contributed by atoms with van der Waals surface area (Å²) in [4.78, 5) is 0. The normalized spacial score (nSPS) is 15.1. The minimum absolute atomic E-state index is 0.322. The first kappa shape index (κ1) is 13.2. The van der Waals surface area contributed by atoms with E-state index in [4.69, 9.17) is 4.52 Å².